The van der Waals surface area contributed by atoms with Gasteiger partial charge in [-0.2, -0.15) is 5.10 Å². The molecule has 1 heterocycles. The number of nitrogens with zero attached hydrogens (tertiary/aromatic N) is 3. The van der Waals surface area contributed by atoms with Crippen molar-refractivity contribution in [2.24, 2.45) is 13.0 Å². The summed E-state index contributed by atoms with van der Waals surface area (Å²) < 4.78 is 3.34. The first-order valence-corrected chi connectivity index (χ1v) is 7.67. The molecule has 94 valence electrons. The molecule has 0 amide bonds. The minimum Gasteiger partial charge on any atom is -0.292 e. The lowest BCUT2D eigenvalue weighted by atomic mass is 10.1. The fourth-order valence-corrected chi connectivity index (χ4v) is 3.29. The smallest absolute Gasteiger partial charge is 0.0654 e. The van der Waals surface area contributed by atoms with E-state index in [-0.39, 0.29) is 0 Å². The molecule has 1 unspecified atom stereocenters. The molecule has 1 atom stereocenters. The standard InChI is InChI=1S/C13H20IN3/c1-9(10-3-4-10)17(11-5-6-11)8-13-12(14)7-15-16(13)2/h7,9-11H,3-6,8H2,1-2H3. The molecule has 4 heteroatoms. The van der Waals surface area contributed by atoms with Crippen molar-refractivity contribution in [1.82, 2.24) is 14.7 Å². The van der Waals surface area contributed by atoms with E-state index in [1.54, 1.807) is 0 Å². The van der Waals surface area contributed by atoms with Crippen LogP contribution in [0.1, 0.15) is 38.3 Å². The number of hydrogen-bond acceptors (Lipinski definition) is 2. The molecule has 3 nitrogen and oxygen atoms in total. The van der Waals surface area contributed by atoms with Gasteiger partial charge in [-0.05, 0) is 61.1 Å². The molecule has 1 aromatic heterocycles. The summed E-state index contributed by atoms with van der Waals surface area (Å²) in [5, 5.41) is 4.35. The molecule has 2 aliphatic rings. The van der Waals surface area contributed by atoms with Crippen molar-refractivity contribution in [1.29, 1.82) is 0 Å². The molecule has 3 rings (SSSR count). The Labute approximate surface area is 117 Å². The molecular formula is C13H20IN3. The highest BCUT2D eigenvalue weighted by atomic mass is 127. The van der Waals surface area contributed by atoms with Crippen molar-refractivity contribution in [3.8, 4) is 0 Å². The van der Waals surface area contributed by atoms with Crippen LogP contribution in [0.3, 0.4) is 0 Å². The zero-order chi connectivity index (χ0) is 12.0. The van der Waals surface area contributed by atoms with Crippen LogP contribution in [0.5, 0.6) is 0 Å². The molecular weight excluding hydrogens is 325 g/mol. The summed E-state index contributed by atoms with van der Waals surface area (Å²) >= 11 is 2.40. The normalized spacial score (nSPS) is 22.1. The Kier molecular flexibility index (Phi) is 3.19. The van der Waals surface area contributed by atoms with Gasteiger partial charge in [0, 0.05) is 25.7 Å². The van der Waals surface area contributed by atoms with Crippen molar-refractivity contribution >= 4 is 22.6 Å². The molecule has 0 aromatic carbocycles. The van der Waals surface area contributed by atoms with E-state index >= 15 is 0 Å². The minimum atomic E-state index is 0.758. The Hall–Kier alpha value is -0.100. The summed E-state index contributed by atoms with van der Waals surface area (Å²) in [6.07, 6.45) is 7.64. The Morgan fingerprint density at radius 2 is 2.18 bits per heavy atom. The third kappa shape index (κ3) is 2.52. The van der Waals surface area contributed by atoms with Crippen LogP contribution in [0.15, 0.2) is 6.20 Å². The molecule has 1 aromatic rings. The van der Waals surface area contributed by atoms with Gasteiger partial charge in [-0.3, -0.25) is 9.58 Å². The lowest BCUT2D eigenvalue weighted by molar-refractivity contribution is 0.166. The summed E-state index contributed by atoms with van der Waals surface area (Å²) in [5.41, 5.74) is 1.38. The van der Waals surface area contributed by atoms with Crippen LogP contribution in [-0.2, 0) is 13.6 Å². The monoisotopic (exact) mass is 345 g/mol. The van der Waals surface area contributed by atoms with Gasteiger partial charge in [0.1, 0.15) is 0 Å². The molecule has 0 N–H and O–H groups in total. The van der Waals surface area contributed by atoms with Crippen molar-refractivity contribution in [3.05, 3.63) is 15.5 Å². The predicted molar refractivity (Wildman–Crippen MR) is 76.7 cm³/mol. The molecule has 2 aliphatic carbocycles. The van der Waals surface area contributed by atoms with Crippen LogP contribution >= 0.6 is 22.6 Å². The first kappa shape index (κ1) is 12.0. The highest BCUT2D eigenvalue weighted by Gasteiger charge is 2.39. The highest BCUT2D eigenvalue weighted by Crippen LogP contribution is 2.40. The van der Waals surface area contributed by atoms with Crippen LogP contribution in [0, 0.1) is 9.49 Å². The number of aromatic nitrogens is 2. The molecule has 2 saturated carbocycles. The maximum Gasteiger partial charge on any atom is 0.0654 e. The number of rotatable bonds is 5. The second-order valence-corrected chi connectivity index (χ2v) is 6.71. The lowest BCUT2D eigenvalue weighted by Gasteiger charge is -2.29. The van der Waals surface area contributed by atoms with E-state index in [1.165, 1.54) is 34.9 Å². The van der Waals surface area contributed by atoms with Crippen LogP contribution in [-0.4, -0.2) is 26.8 Å². The summed E-state index contributed by atoms with van der Waals surface area (Å²) in [6.45, 7) is 3.50. The zero-order valence-corrected chi connectivity index (χ0v) is 12.7. The van der Waals surface area contributed by atoms with Crippen LogP contribution in [0.2, 0.25) is 0 Å². The van der Waals surface area contributed by atoms with Crippen LogP contribution in [0.25, 0.3) is 0 Å². The van der Waals surface area contributed by atoms with Crippen molar-refractivity contribution in [2.75, 3.05) is 0 Å². The minimum absolute atomic E-state index is 0.758. The molecule has 0 saturated heterocycles. The van der Waals surface area contributed by atoms with Gasteiger partial charge >= 0.3 is 0 Å². The predicted octanol–water partition coefficient (Wildman–Crippen LogP) is 2.79. The van der Waals surface area contributed by atoms with Gasteiger partial charge in [0.15, 0.2) is 0 Å². The van der Waals surface area contributed by atoms with Gasteiger partial charge in [0.2, 0.25) is 0 Å². The maximum absolute atomic E-state index is 4.35. The van der Waals surface area contributed by atoms with Crippen LogP contribution in [0.4, 0.5) is 0 Å². The summed E-state index contributed by atoms with van der Waals surface area (Å²) in [5.74, 6) is 0.960. The Morgan fingerprint density at radius 3 is 2.65 bits per heavy atom. The summed E-state index contributed by atoms with van der Waals surface area (Å²) in [4.78, 5) is 2.72. The highest BCUT2D eigenvalue weighted by molar-refractivity contribution is 14.1. The number of hydrogen-bond donors (Lipinski definition) is 0. The second-order valence-electron chi connectivity index (χ2n) is 5.54. The Bertz CT molecular complexity index is 387. The van der Waals surface area contributed by atoms with Gasteiger partial charge in [-0.15, -0.1) is 0 Å². The van der Waals surface area contributed by atoms with E-state index in [0.717, 1.165) is 24.5 Å². The van der Waals surface area contributed by atoms with E-state index in [2.05, 4.69) is 46.6 Å². The van der Waals surface area contributed by atoms with E-state index < -0.39 is 0 Å². The Balaban J connectivity index is 1.75. The molecule has 17 heavy (non-hydrogen) atoms. The van der Waals surface area contributed by atoms with E-state index in [4.69, 9.17) is 0 Å². The summed E-state index contributed by atoms with van der Waals surface area (Å²) in [7, 11) is 2.06. The number of aryl methyl sites for hydroxylation is 1. The Morgan fingerprint density at radius 1 is 1.47 bits per heavy atom. The fourth-order valence-electron chi connectivity index (χ4n) is 2.65. The van der Waals surface area contributed by atoms with Gasteiger partial charge in [-0.25, -0.2) is 0 Å². The molecule has 0 bridgehead atoms. The molecule has 2 fully saturated rings. The zero-order valence-electron chi connectivity index (χ0n) is 10.6. The largest absolute Gasteiger partial charge is 0.292 e. The van der Waals surface area contributed by atoms with E-state index in [0.29, 0.717) is 0 Å². The average Bonchev–Trinajstić information content (AvgIpc) is 3.15. The van der Waals surface area contributed by atoms with Crippen molar-refractivity contribution in [2.45, 2.75) is 51.2 Å². The maximum atomic E-state index is 4.35. The molecule has 0 radical (unpaired) electrons. The quantitative estimate of drug-likeness (QED) is 0.766. The van der Waals surface area contributed by atoms with Gasteiger partial charge in [0.25, 0.3) is 0 Å². The second kappa shape index (κ2) is 4.53. The first-order chi connectivity index (χ1) is 8.16. The average molecular weight is 345 g/mol. The van der Waals surface area contributed by atoms with Gasteiger partial charge in [-0.1, -0.05) is 0 Å². The van der Waals surface area contributed by atoms with Gasteiger partial charge in [0.05, 0.1) is 15.5 Å². The van der Waals surface area contributed by atoms with Crippen molar-refractivity contribution in [3.63, 3.8) is 0 Å². The van der Waals surface area contributed by atoms with Gasteiger partial charge < -0.3 is 0 Å². The summed E-state index contributed by atoms with van der Waals surface area (Å²) in [6, 6.07) is 1.60. The lowest BCUT2D eigenvalue weighted by Crippen LogP contribution is -2.36. The molecule has 0 aliphatic heterocycles. The van der Waals surface area contributed by atoms with Crippen molar-refractivity contribution < 1.29 is 0 Å². The molecule has 0 spiro atoms. The van der Waals surface area contributed by atoms with E-state index in [9.17, 15) is 0 Å². The number of halogens is 1. The topological polar surface area (TPSA) is 21.1 Å². The SMILES string of the molecule is CC(C1CC1)N(Cc1c(I)cnn1C)C1CC1. The van der Waals surface area contributed by atoms with E-state index in [1.807, 2.05) is 10.9 Å². The first-order valence-electron chi connectivity index (χ1n) is 6.59. The van der Waals surface area contributed by atoms with Crippen LogP contribution < -0.4 is 0 Å². The third-order valence-corrected chi connectivity index (χ3v) is 5.09. The third-order valence-electron chi connectivity index (χ3n) is 4.19. The fraction of sp³-hybridized carbons (Fsp3) is 0.769.